The number of nitrogens with zero attached hydrogens (tertiary/aromatic N) is 1. The SMILES string of the molecule is CC(C)(CCCSc1ncccc1Br)C(=N)N. The van der Waals surface area contributed by atoms with E-state index >= 15 is 0 Å². The molecule has 0 spiro atoms. The van der Waals surface area contributed by atoms with E-state index in [1.165, 1.54) is 0 Å². The Bertz CT molecular complexity index is 393. The van der Waals surface area contributed by atoms with Crippen molar-refractivity contribution in [3.63, 3.8) is 0 Å². The minimum atomic E-state index is -0.193. The predicted octanol–water partition coefficient (Wildman–Crippen LogP) is 3.68. The molecule has 3 nitrogen and oxygen atoms in total. The average molecular weight is 316 g/mol. The fourth-order valence-electron chi connectivity index (χ4n) is 1.30. The number of nitrogens with two attached hydrogens (primary N) is 1. The first-order chi connectivity index (χ1) is 7.93. The van der Waals surface area contributed by atoms with Crippen molar-refractivity contribution in [3.8, 4) is 0 Å². The van der Waals surface area contributed by atoms with Crippen molar-refractivity contribution in [1.29, 1.82) is 5.41 Å². The molecule has 0 saturated carbocycles. The fraction of sp³-hybridized carbons (Fsp3) is 0.500. The van der Waals surface area contributed by atoms with Crippen LogP contribution in [0.4, 0.5) is 0 Å². The van der Waals surface area contributed by atoms with Gasteiger partial charge in [0.1, 0.15) is 5.03 Å². The molecule has 0 aromatic carbocycles. The standard InChI is InChI=1S/C12H18BrN3S/c1-12(2,11(14)15)6-4-8-17-10-9(13)5-3-7-16-10/h3,5,7H,4,6,8H2,1-2H3,(H3,14,15). The van der Waals surface area contributed by atoms with Crippen molar-refractivity contribution >= 4 is 33.5 Å². The molecule has 1 aromatic heterocycles. The van der Waals surface area contributed by atoms with Crippen LogP contribution in [0, 0.1) is 10.8 Å². The summed E-state index contributed by atoms with van der Waals surface area (Å²) in [6.07, 6.45) is 3.76. The quantitative estimate of drug-likeness (QED) is 0.364. The predicted molar refractivity (Wildman–Crippen MR) is 77.6 cm³/mol. The summed E-state index contributed by atoms with van der Waals surface area (Å²) in [5.74, 6) is 1.26. The summed E-state index contributed by atoms with van der Waals surface area (Å²) in [5, 5.41) is 8.50. The Hall–Kier alpha value is -0.550. The number of halogens is 1. The molecule has 0 aliphatic heterocycles. The van der Waals surface area contributed by atoms with Gasteiger partial charge in [-0.05, 0) is 46.7 Å². The smallest absolute Gasteiger partial charge is 0.110 e. The monoisotopic (exact) mass is 315 g/mol. The Labute approximate surface area is 115 Å². The number of rotatable bonds is 6. The second-order valence-corrected chi connectivity index (χ2v) is 6.48. The fourth-order valence-corrected chi connectivity index (χ4v) is 2.72. The van der Waals surface area contributed by atoms with Gasteiger partial charge in [-0.15, -0.1) is 11.8 Å². The highest BCUT2D eigenvalue weighted by molar-refractivity contribution is 9.10. The number of hydrogen-bond donors (Lipinski definition) is 2. The maximum absolute atomic E-state index is 7.48. The van der Waals surface area contributed by atoms with Crippen molar-refractivity contribution in [1.82, 2.24) is 4.98 Å². The molecule has 1 heterocycles. The van der Waals surface area contributed by atoms with E-state index in [0.717, 1.165) is 28.1 Å². The molecular weight excluding hydrogens is 298 g/mol. The highest BCUT2D eigenvalue weighted by Crippen LogP contribution is 2.28. The van der Waals surface area contributed by atoms with E-state index in [1.807, 2.05) is 26.0 Å². The van der Waals surface area contributed by atoms with Gasteiger partial charge < -0.3 is 5.73 Å². The second-order valence-electron chi connectivity index (χ2n) is 4.54. The van der Waals surface area contributed by atoms with Crippen LogP contribution in [0.15, 0.2) is 27.8 Å². The van der Waals surface area contributed by atoms with Gasteiger partial charge >= 0.3 is 0 Å². The number of thioether (sulfide) groups is 1. The molecule has 0 aliphatic carbocycles. The van der Waals surface area contributed by atoms with Gasteiger partial charge in [-0.2, -0.15) is 0 Å². The van der Waals surface area contributed by atoms with Crippen molar-refractivity contribution in [2.24, 2.45) is 11.1 Å². The van der Waals surface area contributed by atoms with E-state index in [1.54, 1.807) is 18.0 Å². The molecule has 0 amide bonds. The van der Waals surface area contributed by atoms with E-state index in [2.05, 4.69) is 20.9 Å². The Kier molecular flexibility index (Phi) is 5.46. The first-order valence-electron chi connectivity index (χ1n) is 5.51. The van der Waals surface area contributed by atoms with Gasteiger partial charge in [0.25, 0.3) is 0 Å². The van der Waals surface area contributed by atoms with Crippen LogP contribution in [0.2, 0.25) is 0 Å². The molecule has 3 N–H and O–H groups in total. The molecule has 0 fully saturated rings. The zero-order valence-corrected chi connectivity index (χ0v) is 12.6. The van der Waals surface area contributed by atoms with E-state index in [0.29, 0.717) is 0 Å². The van der Waals surface area contributed by atoms with Gasteiger partial charge in [-0.25, -0.2) is 4.98 Å². The lowest BCUT2D eigenvalue weighted by molar-refractivity contribution is 0.464. The second kappa shape index (κ2) is 6.40. The molecule has 0 atom stereocenters. The Balaban J connectivity index is 2.35. The maximum atomic E-state index is 7.48. The first-order valence-corrected chi connectivity index (χ1v) is 7.29. The lowest BCUT2D eigenvalue weighted by Gasteiger charge is -2.22. The minimum absolute atomic E-state index is 0.193. The molecule has 94 valence electrons. The molecule has 1 rings (SSSR count). The molecule has 0 bridgehead atoms. The van der Waals surface area contributed by atoms with Gasteiger partial charge in [0.2, 0.25) is 0 Å². The van der Waals surface area contributed by atoms with Gasteiger partial charge in [0.05, 0.1) is 5.84 Å². The Morgan fingerprint density at radius 3 is 2.88 bits per heavy atom. The van der Waals surface area contributed by atoms with E-state index in [-0.39, 0.29) is 11.3 Å². The maximum Gasteiger partial charge on any atom is 0.110 e. The van der Waals surface area contributed by atoms with E-state index in [4.69, 9.17) is 11.1 Å². The lowest BCUT2D eigenvalue weighted by atomic mass is 9.87. The number of amidine groups is 1. The molecule has 1 aromatic rings. The van der Waals surface area contributed by atoms with Crippen molar-refractivity contribution in [2.75, 3.05) is 5.75 Å². The molecule has 17 heavy (non-hydrogen) atoms. The highest BCUT2D eigenvalue weighted by atomic mass is 79.9. The van der Waals surface area contributed by atoms with Crippen molar-refractivity contribution in [2.45, 2.75) is 31.7 Å². The van der Waals surface area contributed by atoms with Gasteiger partial charge in [0.15, 0.2) is 0 Å². The highest BCUT2D eigenvalue weighted by Gasteiger charge is 2.20. The largest absolute Gasteiger partial charge is 0.387 e. The first kappa shape index (κ1) is 14.5. The molecule has 0 unspecified atom stereocenters. The Morgan fingerprint density at radius 1 is 1.59 bits per heavy atom. The number of nitrogens with one attached hydrogen (secondary N) is 1. The molecule has 0 aliphatic rings. The van der Waals surface area contributed by atoms with E-state index in [9.17, 15) is 0 Å². The summed E-state index contributed by atoms with van der Waals surface area (Å²) in [6, 6.07) is 3.90. The normalized spacial score (nSPS) is 11.5. The van der Waals surface area contributed by atoms with Crippen LogP contribution in [0.1, 0.15) is 26.7 Å². The van der Waals surface area contributed by atoms with E-state index < -0.39 is 0 Å². The van der Waals surface area contributed by atoms with Crippen LogP contribution >= 0.6 is 27.7 Å². The van der Waals surface area contributed by atoms with Gasteiger partial charge in [-0.3, -0.25) is 5.41 Å². The summed E-state index contributed by atoms with van der Waals surface area (Å²) >= 11 is 5.20. The third-order valence-electron chi connectivity index (χ3n) is 2.64. The number of pyridine rings is 1. The zero-order chi connectivity index (χ0) is 12.9. The van der Waals surface area contributed by atoms with Crippen molar-refractivity contribution in [3.05, 3.63) is 22.8 Å². The topological polar surface area (TPSA) is 62.8 Å². The lowest BCUT2D eigenvalue weighted by Crippen LogP contribution is -2.30. The van der Waals surface area contributed by atoms with Gasteiger partial charge in [-0.1, -0.05) is 13.8 Å². The van der Waals surface area contributed by atoms with Crippen LogP contribution in [0.25, 0.3) is 0 Å². The number of aromatic nitrogens is 1. The summed E-state index contributed by atoms with van der Waals surface area (Å²) in [4.78, 5) is 4.30. The summed E-state index contributed by atoms with van der Waals surface area (Å²) in [7, 11) is 0. The molecular formula is C12H18BrN3S. The molecule has 0 radical (unpaired) electrons. The molecule has 0 saturated heterocycles. The molecule has 5 heteroatoms. The van der Waals surface area contributed by atoms with Crippen LogP contribution in [-0.2, 0) is 0 Å². The summed E-state index contributed by atoms with van der Waals surface area (Å²) < 4.78 is 1.04. The van der Waals surface area contributed by atoms with Crippen molar-refractivity contribution < 1.29 is 0 Å². The van der Waals surface area contributed by atoms with Gasteiger partial charge in [0, 0.05) is 16.1 Å². The zero-order valence-electron chi connectivity index (χ0n) is 10.2. The number of hydrogen-bond acceptors (Lipinski definition) is 3. The van der Waals surface area contributed by atoms with Crippen LogP contribution in [0.3, 0.4) is 0 Å². The third-order valence-corrected chi connectivity index (χ3v) is 4.63. The minimum Gasteiger partial charge on any atom is -0.387 e. The third kappa shape index (κ3) is 4.68. The van der Waals surface area contributed by atoms with Crippen LogP contribution in [-0.4, -0.2) is 16.6 Å². The van der Waals surface area contributed by atoms with Crippen LogP contribution in [0.5, 0.6) is 0 Å². The average Bonchev–Trinajstić information content (AvgIpc) is 2.26. The Morgan fingerprint density at radius 2 is 2.29 bits per heavy atom. The summed E-state index contributed by atoms with van der Waals surface area (Å²) in [6.45, 7) is 4.02. The summed E-state index contributed by atoms with van der Waals surface area (Å²) in [5.41, 5.74) is 5.35. The van der Waals surface area contributed by atoms with Crippen LogP contribution < -0.4 is 5.73 Å².